The van der Waals surface area contributed by atoms with Crippen molar-refractivity contribution in [1.29, 1.82) is 5.26 Å². The standard InChI is InChI=1S/C14H16N2S/c15-9-17-11-5-6-14-13(7-11)12-4-2-1-3-10(12)8-16-14/h5-7,10,12,16H,1-4,8H2. The number of nitrogens with one attached hydrogen (secondary N) is 1. The van der Waals surface area contributed by atoms with E-state index in [1.54, 1.807) is 0 Å². The number of fused-ring (bicyclic) bond motifs is 3. The largest absolute Gasteiger partial charge is 0.385 e. The summed E-state index contributed by atoms with van der Waals surface area (Å²) in [6, 6.07) is 6.40. The van der Waals surface area contributed by atoms with Gasteiger partial charge in [-0.1, -0.05) is 12.8 Å². The lowest BCUT2D eigenvalue weighted by molar-refractivity contribution is 0.313. The Bertz CT molecular complexity index is 464. The van der Waals surface area contributed by atoms with Gasteiger partial charge >= 0.3 is 0 Å². The molecule has 17 heavy (non-hydrogen) atoms. The highest BCUT2D eigenvalue weighted by molar-refractivity contribution is 8.03. The van der Waals surface area contributed by atoms with Gasteiger partial charge in [-0.15, -0.1) is 0 Å². The molecule has 0 spiro atoms. The first kappa shape index (κ1) is 11.0. The maximum absolute atomic E-state index is 8.75. The molecule has 0 aromatic heterocycles. The van der Waals surface area contributed by atoms with Crippen LogP contribution in [0.4, 0.5) is 5.69 Å². The van der Waals surface area contributed by atoms with E-state index in [0.29, 0.717) is 0 Å². The van der Waals surface area contributed by atoms with Crippen LogP contribution in [-0.4, -0.2) is 6.54 Å². The van der Waals surface area contributed by atoms with Crippen LogP contribution in [-0.2, 0) is 0 Å². The summed E-state index contributed by atoms with van der Waals surface area (Å²) in [5.74, 6) is 1.53. The SMILES string of the molecule is N#CSc1ccc2c(c1)C1CCCCC1CN2. The summed E-state index contributed by atoms with van der Waals surface area (Å²) in [6.45, 7) is 1.13. The molecule has 3 rings (SSSR count). The van der Waals surface area contributed by atoms with Gasteiger partial charge < -0.3 is 5.32 Å². The number of rotatable bonds is 1. The van der Waals surface area contributed by atoms with Gasteiger partial charge in [-0.2, -0.15) is 5.26 Å². The van der Waals surface area contributed by atoms with Crippen LogP contribution in [0.5, 0.6) is 0 Å². The van der Waals surface area contributed by atoms with Crippen LogP contribution >= 0.6 is 11.8 Å². The minimum Gasteiger partial charge on any atom is -0.385 e. The van der Waals surface area contributed by atoms with Crippen molar-refractivity contribution in [2.24, 2.45) is 5.92 Å². The number of thioether (sulfide) groups is 1. The van der Waals surface area contributed by atoms with E-state index >= 15 is 0 Å². The second-order valence-electron chi connectivity index (χ2n) is 4.97. The van der Waals surface area contributed by atoms with Gasteiger partial charge in [-0.25, -0.2) is 0 Å². The number of nitrogens with zero attached hydrogens (tertiary/aromatic N) is 1. The zero-order valence-corrected chi connectivity index (χ0v) is 10.6. The van der Waals surface area contributed by atoms with E-state index in [4.69, 9.17) is 5.26 Å². The van der Waals surface area contributed by atoms with Gasteiger partial charge in [-0.3, -0.25) is 0 Å². The first-order chi connectivity index (χ1) is 8.38. The Balaban J connectivity index is 1.96. The second kappa shape index (κ2) is 4.62. The van der Waals surface area contributed by atoms with E-state index < -0.39 is 0 Å². The zero-order valence-electron chi connectivity index (χ0n) is 9.78. The minimum atomic E-state index is 0.722. The van der Waals surface area contributed by atoms with Crippen LogP contribution in [0.1, 0.15) is 37.2 Å². The summed E-state index contributed by atoms with van der Waals surface area (Å²) in [6.07, 6.45) is 5.41. The number of anilines is 1. The van der Waals surface area contributed by atoms with Crippen molar-refractivity contribution in [2.75, 3.05) is 11.9 Å². The Kier molecular flexibility index (Phi) is 2.98. The van der Waals surface area contributed by atoms with E-state index in [1.165, 1.54) is 48.7 Å². The van der Waals surface area contributed by atoms with E-state index in [1.807, 2.05) is 6.07 Å². The van der Waals surface area contributed by atoms with E-state index in [0.717, 1.165) is 23.3 Å². The summed E-state index contributed by atoms with van der Waals surface area (Å²) >= 11 is 1.27. The van der Waals surface area contributed by atoms with E-state index in [2.05, 4.69) is 22.9 Å². The van der Waals surface area contributed by atoms with E-state index in [9.17, 15) is 0 Å². The fraction of sp³-hybridized carbons (Fsp3) is 0.500. The van der Waals surface area contributed by atoms with Crippen LogP contribution in [0.3, 0.4) is 0 Å². The summed E-state index contributed by atoms with van der Waals surface area (Å²) < 4.78 is 0. The minimum absolute atomic E-state index is 0.722. The van der Waals surface area contributed by atoms with Crippen LogP contribution in [0.25, 0.3) is 0 Å². The van der Waals surface area contributed by atoms with Gasteiger partial charge in [0.05, 0.1) is 0 Å². The first-order valence-corrected chi connectivity index (χ1v) is 7.14. The maximum atomic E-state index is 8.75. The maximum Gasteiger partial charge on any atom is 0.138 e. The highest BCUT2D eigenvalue weighted by Gasteiger charge is 2.31. The van der Waals surface area contributed by atoms with Crippen LogP contribution in [0, 0.1) is 16.6 Å². The lowest BCUT2D eigenvalue weighted by Gasteiger charge is -2.38. The normalized spacial score (nSPS) is 26.3. The molecule has 88 valence electrons. The molecule has 2 aliphatic rings. The summed E-state index contributed by atoms with van der Waals surface area (Å²) in [5, 5.41) is 14.5. The highest BCUT2D eigenvalue weighted by atomic mass is 32.2. The topological polar surface area (TPSA) is 35.8 Å². The quantitative estimate of drug-likeness (QED) is 0.600. The fourth-order valence-electron chi connectivity index (χ4n) is 3.23. The van der Waals surface area contributed by atoms with Gasteiger partial charge in [0.1, 0.15) is 5.40 Å². The number of nitriles is 1. The summed E-state index contributed by atoms with van der Waals surface area (Å²) in [5.41, 5.74) is 2.73. The smallest absolute Gasteiger partial charge is 0.138 e. The molecule has 1 aliphatic heterocycles. The van der Waals surface area contributed by atoms with Crippen LogP contribution < -0.4 is 5.32 Å². The molecular formula is C14H16N2S. The molecule has 0 saturated heterocycles. The Morgan fingerprint density at radius 2 is 2.18 bits per heavy atom. The third kappa shape index (κ3) is 2.02. The van der Waals surface area contributed by atoms with Gasteiger partial charge in [0, 0.05) is 17.1 Å². The van der Waals surface area contributed by atoms with Gasteiger partial charge in [-0.05, 0) is 60.2 Å². The average molecular weight is 244 g/mol. The van der Waals surface area contributed by atoms with Crippen molar-refractivity contribution in [3.8, 4) is 5.40 Å². The lowest BCUT2D eigenvalue weighted by Crippen LogP contribution is -2.30. The number of thiocyanates is 1. The molecule has 2 atom stereocenters. The predicted octanol–water partition coefficient (Wildman–Crippen LogP) is 3.96. The van der Waals surface area contributed by atoms with Gasteiger partial charge in [0.2, 0.25) is 0 Å². The highest BCUT2D eigenvalue weighted by Crippen LogP contribution is 2.44. The fourth-order valence-corrected chi connectivity index (χ4v) is 3.65. The molecule has 2 unspecified atom stereocenters. The monoisotopic (exact) mass is 244 g/mol. The summed E-state index contributed by atoms with van der Waals surface area (Å²) in [4.78, 5) is 1.08. The molecule has 1 heterocycles. The van der Waals surface area contributed by atoms with Crippen molar-refractivity contribution in [3.05, 3.63) is 23.8 Å². The molecule has 0 bridgehead atoms. The van der Waals surface area contributed by atoms with Crippen molar-refractivity contribution in [1.82, 2.24) is 0 Å². The molecule has 1 aromatic rings. The molecule has 0 radical (unpaired) electrons. The molecular weight excluding hydrogens is 228 g/mol. The van der Waals surface area contributed by atoms with Crippen molar-refractivity contribution in [3.63, 3.8) is 0 Å². The molecule has 3 heteroatoms. The van der Waals surface area contributed by atoms with Gasteiger partial charge in [0.15, 0.2) is 0 Å². The first-order valence-electron chi connectivity index (χ1n) is 6.32. The van der Waals surface area contributed by atoms with Crippen LogP contribution in [0.15, 0.2) is 23.1 Å². The molecule has 2 nitrogen and oxygen atoms in total. The predicted molar refractivity (Wildman–Crippen MR) is 71.1 cm³/mol. The van der Waals surface area contributed by atoms with Crippen LogP contribution in [0.2, 0.25) is 0 Å². The van der Waals surface area contributed by atoms with E-state index in [-0.39, 0.29) is 0 Å². The molecule has 1 aromatic carbocycles. The van der Waals surface area contributed by atoms with Crippen molar-refractivity contribution >= 4 is 17.4 Å². The molecule has 1 fully saturated rings. The van der Waals surface area contributed by atoms with Crippen molar-refractivity contribution < 1.29 is 0 Å². The Hall–Kier alpha value is -1.14. The second-order valence-corrected chi connectivity index (χ2v) is 5.83. The third-order valence-corrected chi connectivity index (χ3v) is 4.63. The Morgan fingerprint density at radius 3 is 3.06 bits per heavy atom. The molecule has 1 aliphatic carbocycles. The number of benzene rings is 1. The Morgan fingerprint density at radius 1 is 1.29 bits per heavy atom. The number of hydrogen-bond donors (Lipinski definition) is 1. The lowest BCUT2D eigenvalue weighted by atomic mass is 9.73. The Labute approximate surface area is 106 Å². The average Bonchev–Trinajstić information content (AvgIpc) is 2.39. The molecule has 1 saturated carbocycles. The molecule has 1 N–H and O–H groups in total. The third-order valence-electron chi connectivity index (χ3n) is 4.05. The summed E-state index contributed by atoms with van der Waals surface area (Å²) in [7, 11) is 0. The van der Waals surface area contributed by atoms with Gasteiger partial charge in [0.25, 0.3) is 0 Å². The number of hydrogen-bond acceptors (Lipinski definition) is 3. The molecule has 0 amide bonds. The van der Waals surface area contributed by atoms with Crippen molar-refractivity contribution in [2.45, 2.75) is 36.5 Å². The zero-order chi connectivity index (χ0) is 11.7.